The van der Waals surface area contributed by atoms with Gasteiger partial charge in [0, 0.05) is 13.2 Å². The van der Waals surface area contributed by atoms with Gasteiger partial charge in [-0.05, 0) is 38.6 Å². The van der Waals surface area contributed by atoms with Gasteiger partial charge < -0.3 is 10.1 Å². The first-order valence-corrected chi connectivity index (χ1v) is 7.91. The maximum Gasteiger partial charge on any atom is 0.143 e. The van der Waals surface area contributed by atoms with Crippen molar-refractivity contribution >= 4 is 5.78 Å². The normalized spacial score (nSPS) is 10.2. The molecule has 0 aromatic rings. The van der Waals surface area contributed by atoms with E-state index in [0.29, 0.717) is 6.54 Å². The minimum Gasteiger partial charge on any atom is -0.381 e. The zero-order chi connectivity index (χ0) is 14.9. The number of ketones is 1. The number of hydrogen-bond donors (Lipinski definition) is 1. The average Bonchev–Trinajstić information content (AvgIpc) is 2.37. The molecule has 0 aliphatic heterocycles. The van der Waals surface area contributed by atoms with Crippen LogP contribution in [0.1, 0.15) is 66.7 Å². The Labute approximate surface area is 120 Å². The number of ether oxygens (including phenoxy) is 1. The molecule has 0 aromatic carbocycles. The third-order valence-corrected chi connectivity index (χ3v) is 2.59. The highest BCUT2D eigenvalue weighted by Crippen LogP contribution is 2.06. The van der Waals surface area contributed by atoms with Crippen LogP contribution in [-0.4, -0.2) is 32.1 Å². The van der Waals surface area contributed by atoms with Crippen LogP contribution in [0.2, 0.25) is 0 Å². The van der Waals surface area contributed by atoms with Crippen LogP contribution in [-0.2, 0) is 9.53 Å². The standard InChI is InChI=1S/C14H29NO2.C2H6/c1-13(2)8-4-6-10-17-11-7-5-9-15-12-14(3)16;1-2/h13,15H,4-12H2,1-3H3;1-2H3. The molecule has 0 spiro atoms. The van der Waals surface area contributed by atoms with Crippen molar-refractivity contribution in [1.29, 1.82) is 0 Å². The van der Waals surface area contributed by atoms with Crippen molar-refractivity contribution in [2.75, 3.05) is 26.3 Å². The van der Waals surface area contributed by atoms with Crippen LogP contribution in [0.15, 0.2) is 0 Å². The first-order chi connectivity index (χ1) is 9.13. The molecule has 0 aliphatic carbocycles. The highest BCUT2D eigenvalue weighted by atomic mass is 16.5. The Morgan fingerprint density at radius 1 is 1.05 bits per heavy atom. The molecule has 3 nitrogen and oxygen atoms in total. The van der Waals surface area contributed by atoms with Crippen molar-refractivity contribution < 1.29 is 9.53 Å². The van der Waals surface area contributed by atoms with Gasteiger partial charge in [0.15, 0.2) is 0 Å². The van der Waals surface area contributed by atoms with Gasteiger partial charge in [-0.25, -0.2) is 0 Å². The van der Waals surface area contributed by atoms with E-state index in [1.807, 2.05) is 13.8 Å². The summed E-state index contributed by atoms with van der Waals surface area (Å²) >= 11 is 0. The van der Waals surface area contributed by atoms with E-state index in [-0.39, 0.29) is 5.78 Å². The minimum atomic E-state index is 0.200. The largest absolute Gasteiger partial charge is 0.381 e. The van der Waals surface area contributed by atoms with Crippen LogP contribution < -0.4 is 5.32 Å². The topological polar surface area (TPSA) is 38.3 Å². The number of nitrogens with one attached hydrogen (secondary N) is 1. The monoisotopic (exact) mass is 273 g/mol. The van der Waals surface area contributed by atoms with E-state index < -0.39 is 0 Å². The molecule has 0 unspecified atom stereocenters. The van der Waals surface area contributed by atoms with Gasteiger partial charge in [-0.1, -0.05) is 40.5 Å². The molecule has 0 aliphatic rings. The number of carbonyl (C=O) groups excluding carboxylic acids is 1. The van der Waals surface area contributed by atoms with E-state index in [9.17, 15) is 4.79 Å². The quantitative estimate of drug-likeness (QED) is 0.549. The van der Waals surface area contributed by atoms with Gasteiger partial charge in [-0.15, -0.1) is 0 Å². The minimum absolute atomic E-state index is 0.200. The highest BCUT2D eigenvalue weighted by molar-refractivity contribution is 5.77. The zero-order valence-corrected chi connectivity index (χ0v) is 13.8. The van der Waals surface area contributed by atoms with E-state index in [4.69, 9.17) is 4.74 Å². The fourth-order valence-electron chi connectivity index (χ4n) is 1.58. The van der Waals surface area contributed by atoms with Gasteiger partial charge in [0.1, 0.15) is 5.78 Å². The van der Waals surface area contributed by atoms with Gasteiger partial charge in [-0.2, -0.15) is 0 Å². The Balaban J connectivity index is 0. The molecule has 0 amide bonds. The first kappa shape index (κ1) is 20.9. The summed E-state index contributed by atoms with van der Waals surface area (Å²) in [4.78, 5) is 10.6. The molecule has 0 aromatic heterocycles. The molecule has 1 N–H and O–H groups in total. The number of carbonyl (C=O) groups is 1. The molecule has 0 heterocycles. The van der Waals surface area contributed by atoms with E-state index in [0.717, 1.165) is 38.5 Å². The number of Topliss-reactive ketones (excluding diaryl/α,β-unsaturated/α-hetero) is 1. The number of hydrogen-bond acceptors (Lipinski definition) is 3. The Morgan fingerprint density at radius 2 is 1.63 bits per heavy atom. The van der Waals surface area contributed by atoms with Crippen molar-refractivity contribution in [2.45, 2.75) is 66.7 Å². The van der Waals surface area contributed by atoms with Gasteiger partial charge >= 0.3 is 0 Å². The van der Waals surface area contributed by atoms with Gasteiger partial charge in [0.2, 0.25) is 0 Å². The third-order valence-electron chi connectivity index (χ3n) is 2.59. The Hall–Kier alpha value is -0.410. The lowest BCUT2D eigenvalue weighted by Gasteiger charge is -2.06. The fourth-order valence-corrected chi connectivity index (χ4v) is 1.58. The summed E-state index contributed by atoms with van der Waals surface area (Å²) in [6, 6.07) is 0. The summed E-state index contributed by atoms with van der Waals surface area (Å²) in [5, 5.41) is 3.10. The lowest BCUT2D eigenvalue weighted by Crippen LogP contribution is -2.22. The summed E-state index contributed by atoms with van der Waals surface area (Å²) in [6.45, 7) is 13.3. The summed E-state index contributed by atoms with van der Waals surface area (Å²) < 4.78 is 5.55. The SMILES string of the molecule is CC.CC(=O)CNCCCCOCCCCC(C)C. The molecule has 0 atom stereocenters. The molecular weight excluding hydrogens is 238 g/mol. The second kappa shape index (κ2) is 17.6. The van der Waals surface area contributed by atoms with Crippen molar-refractivity contribution in [1.82, 2.24) is 5.32 Å². The molecule has 0 fully saturated rings. The average molecular weight is 273 g/mol. The second-order valence-electron chi connectivity index (χ2n) is 5.09. The Morgan fingerprint density at radius 3 is 2.16 bits per heavy atom. The number of rotatable bonds is 12. The molecule has 0 rings (SSSR count). The summed E-state index contributed by atoms with van der Waals surface area (Å²) in [5.74, 6) is 1.01. The third kappa shape index (κ3) is 23.1. The summed E-state index contributed by atoms with van der Waals surface area (Å²) in [7, 11) is 0. The predicted molar refractivity (Wildman–Crippen MR) is 83.6 cm³/mol. The van der Waals surface area contributed by atoms with E-state index in [1.165, 1.54) is 19.3 Å². The zero-order valence-electron chi connectivity index (χ0n) is 13.8. The van der Waals surface area contributed by atoms with Crippen LogP contribution >= 0.6 is 0 Å². The van der Waals surface area contributed by atoms with Crippen molar-refractivity contribution in [2.24, 2.45) is 5.92 Å². The van der Waals surface area contributed by atoms with E-state index in [2.05, 4.69) is 19.2 Å². The van der Waals surface area contributed by atoms with Crippen molar-refractivity contribution in [3.8, 4) is 0 Å². The molecule has 0 bridgehead atoms. The highest BCUT2D eigenvalue weighted by Gasteiger charge is 1.95. The van der Waals surface area contributed by atoms with Crippen molar-refractivity contribution in [3.63, 3.8) is 0 Å². The molecule has 0 radical (unpaired) electrons. The Kier molecular flexibility index (Phi) is 19.3. The van der Waals surface area contributed by atoms with Gasteiger partial charge in [0.25, 0.3) is 0 Å². The van der Waals surface area contributed by atoms with Crippen LogP contribution in [0, 0.1) is 5.92 Å². The molecule has 0 saturated carbocycles. The summed E-state index contributed by atoms with van der Waals surface area (Å²) in [5.41, 5.74) is 0. The van der Waals surface area contributed by atoms with Crippen LogP contribution in [0.5, 0.6) is 0 Å². The van der Waals surface area contributed by atoms with Crippen LogP contribution in [0.4, 0.5) is 0 Å². The fraction of sp³-hybridized carbons (Fsp3) is 0.938. The molecule has 116 valence electrons. The maximum atomic E-state index is 10.6. The van der Waals surface area contributed by atoms with Crippen LogP contribution in [0.25, 0.3) is 0 Å². The lowest BCUT2D eigenvalue weighted by molar-refractivity contribution is -0.116. The molecule has 0 saturated heterocycles. The smallest absolute Gasteiger partial charge is 0.143 e. The molecule has 3 heteroatoms. The first-order valence-electron chi connectivity index (χ1n) is 7.91. The molecular formula is C16H35NO2. The number of unbranched alkanes of at least 4 members (excludes halogenated alkanes) is 2. The van der Waals surface area contributed by atoms with E-state index >= 15 is 0 Å². The van der Waals surface area contributed by atoms with Gasteiger partial charge in [0.05, 0.1) is 6.54 Å². The summed E-state index contributed by atoms with van der Waals surface area (Å²) in [6.07, 6.45) is 5.92. The second-order valence-corrected chi connectivity index (χ2v) is 5.09. The van der Waals surface area contributed by atoms with Crippen LogP contribution in [0.3, 0.4) is 0 Å². The lowest BCUT2D eigenvalue weighted by atomic mass is 10.1. The van der Waals surface area contributed by atoms with Gasteiger partial charge in [-0.3, -0.25) is 4.79 Å². The van der Waals surface area contributed by atoms with E-state index in [1.54, 1.807) is 6.92 Å². The predicted octanol–water partition coefficient (Wildman–Crippen LogP) is 3.81. The van der Waals surface area contributed by atoms with Crippen molar-refractivity contribution in [3.05, 3.63) is 0 Å². The Bertz CT molecular complexity index is 182. The maximum absolute atomic E-state index is 10.6. The molecule has 19 heavy (non-hydrogen) atoms.